The molecular formula is C12H14O6. The molecular weight excluding hydrogens is 240 g/mol. The van der Waals surface area contributed by atoms with E-state index in [-0.39, 0.29) is 6.61 Å². The molecule has 0 heterocycles. The van der Waals surface area contributed by atoms with E-state index in [1.807, 2.05) is 0 Å². The Hall–Kier alpha value is -2.24. The Kier molecular flexibility index (Phi) is 4.98. The molecule has 0 saturated carbocycles. The molecule has 1 rings (SSSR count). The van der Waals surface area contributed by atoms with Gasteiger partial charge in [-0.1, -0.05) is 0 Å². The van der Waals surface area contributed by atoms with Crippen LogP contribution in [0.15, 0.2) is 18.2 Å². The number of carboxylic acids is 1. The summed E-state index contributed by atoms with van der Waals surface area (Å²) in [7, 11) is 3.02. The first-order valence-corrected chi connectivity index (χ1v) is 5.14. The van der Waals surface area contributed by atoms with Crippen LogP contribution in [0, 0.1) is 0 Å². The normalized spacial score (nSPS) is 9.67. The van der Waals surface area contributed by atoms with Crippen molar-refractivity contribution in [3.8, 4) is 11.5 Å². The lowest BCUT2D eigenvalue weighted by Gasteiger charge is -2.08. The lowest BCUT2D eigenvalue weighted by atomic mass is 10.2. The summed E-state index contributed by atoms with van der Waals surface area (Å²) < 4.78 is 14.9. The van der Waals surface area contributed by atoms with Crippen molar-refractivity contribution in [3.05, 3.63) is 23.8 Å². The number of aliphatic carboxylic acids is 1. The van der Waals surface area contributed by atoms with Crippen LogP contribution in [0.5, 0.6) is 11.5 Å². The standard InChI is InChI=1S/C12H14O6/c1-16-9-3-8(4-10(5-9)17-2)7-18-12(15)6-11(13)14/h3-5H,6-7H2,1-2H3,(H,13,14). The van der Waals surface area contributed by atoms with Gasteiger partial charge >= 0.3 is 11.9 Å². The van der Waals surface area contributed by atoms with Gasteiger partial charge in [-0.15, -0.1) is 0 Å². The summed E-state index contributed by atoms with van der Waals surface area (Å²) >= 11 is 0. The number of carboxylic acid groups (broad SMARTS) is 1. The molecule has 0 amide bonds. The summed E-state index contributed by atoms with van der Waals surface area (Å²) in [4.78, 5) is 21.4. The van der Waals surface area contributed by atoms with Gasteiger partial charge in [-0.3, -0.25) is 9.59 Å². The summed E-state index contributed by atoms with van der Waals surface area (Å²) in [6.07, 6.45) is -0.652. The Morgan fingerprint density at radius 1 is 1.11 bits per heavy atom. The number of benzene rings is 1. The summed E-state index contributed by atoms with van der Waals surface area (Å²) in [6, 6.07) is 5.04. The number of hydrogen-bond acceptors (Lipinski definition) is 5. The highest BCUT2D eigenvalue weighted by Crippen LogP contribution is 2.22. The van der Waals surface area contributed by atoms with Gasteiger partial charge in [0.15, 0.2) is 0 Å². The van der Waals surface area contributed by atoms with Gasteiger partial charge in [0, 0.05) is 6.07 Å². The number of carbonyl (C=O) groups excluding carboxylic acids is 1. The van der Waals surface area contributed by atoms with Crippen molar-refractivity contribution >= 4 is 11.9 Å². The van der Waals surface area contributed by atoms with Crippen LogP contribution in [0.1, 0.15) is 12.0 Å². The lowest BCUT2D eigenvalue weighted by molar-refractivity contribution is -0.152. The molecule has 0 unspecified atom stereocenters. The number of methoxy groups -OCH3 is 2. The van der Waals surface area contributed by atoms with Crippen LogP contribution in [0.25, 0.3) is 0 Å². The maximum absolute atomic E-state index is 11.1. The van der Waals surface area contributed by atoms with E-state index in [0.29, 0.717) is 17.1 Å². The van der Waals surface area contributed by atoms with Crippen molar-refractivity contribution in [2.24, 2.45) is 0 Å². The fourth-order valence-corrected chi connectivity index (χ4v) is 1.29. The Morgan fingerprint density at radius 2 is 1.67 bits per heavy atom. The van der Waals surface area contributed by atoms with Gasteiger partial charge in [-0.25, -0.2) is 0 Å². The molecule has 0 aliphatic heterocycles. The second-order valence-electron chi connectivity index (χ2n) is 3.45. The topological polar surface area (TPSA) is 82.1 Å². The van der Waals surface area contributed by atoms with Gasteiger partial charge in [0.1, 0.15) is 24.5 Å². The van der Waals surface area contributed by atoms with E-state index in [2.05, 4.69) is 0 Å². The summed E-state index contributed by atoms with van der Waals surface area (Å²) in [5, 5.41) is 8.40. The van der Waals surface area contributed by atoms with Crippen LogP contribution in [-0.2, 0) is 20.9 Å². The van der Waals surface area contributed by atoms with E-state index >= 15 is 0 Å². The molecule has 0 fully saturated rings. The summed E-state index contributed by atoms with van der Waals surface area (Å²) in [6.45, 7) is -0.0281. The minimum Gasteiger partial charge on any atom is -0.497 e. The van der Waals surface area contributed by atoms with E-state index < -0.39 is 18.4 Å². The van der Waals surface area contributed by atoms with Crippen molar-refractivity contribution < 1.29 is 28.9 Å². The van der Waals surface area contributed by atoms with Gasteiger partial charge in [0.25, 0.3) is 0 Å². The molecule has 0 spiro atoms. The minimum absolute atomic E-state index is 0.0281. The SMILES string of the molecule is COc1cc(COC(=O)CC(=O)O)cc(OC)c1. The summed E-state index contributed by atoms with van der Waals surface area (Å²) in [5.74, 6) is -0.871. The molecule has 0 atom stereocenters. The highest BCUT2D eigenvalue weighted by atomic mass is 16.5. The average Bonchev–Trinajstić information content (AvgIpc) is 2.35. The molecule has 0 saturated heterocycles. The van der Waals surface area contributed by atoms with E-state index in [1.54, 1.807) is 18.2 Å². The highest BCUT2D eigenvalue weighted by molar-refractivity contribution is 5.90. The molecule has 6 nitrogen and oxygen atoms in total. The van der Waals surface area contributed by atoms with Gasteiger partial charge in [0.2, 0.25) is 0 Å². The Labute approximate surface area is 104 Å². The van der Waals surface area contributed by atoms with Crippen molar-refractivity contribution in [2.75, 3.05) is 14.2 Å². The minimum atomic E-state index is -1.22. The van der Waals surface area contributed by atoms with Crippen LogP contribution in [0.4, 0.5) is 0 Å². The predicted molar refractivity (Wildman–Crippen MR) is 61.6 cm³/mol. The third-order valence-electron chi connectivity index (χ3n) is 2.11. The monoisotopic (exact) mass is 254 g/mol. The first-order chi connectivity index (χ1) is 8.55. The van der Waals surface area contributed by atoms with E-state index in [1.165, 1.54) is 14.2 Å². The first-order valence-electron chi connectivity index (χ1n) is 5.14. The molecule has 0 aliphatic rings. The van der Waals surface area contributed by atoms with Crippen LogP contribution in [0.2, 0.25) is 0 Å². The number of esters is 1. The largest absolute Gasteiger partial charge is 0.497 e. The number of rotatable bonds is 6. The zero-order chi connectivity index (χ0) is 13.5. The lowest BCUT2D eigenvalue weighted by Crippen LogP contribution is -2.10. The van der Waals surface area contributed by atoms with E-state index in [9.17, 15) is 9.59 Å². The van der Waals surface area contributed by atoms with Crippen molar-refractivity contribution in [2.45, 2.75) is 13.0 Å². The first kappa shape index (κ1) is 13.8. The van der Waals surface area contributed by atoms with Crippen LogP contribution in [0.3, 0.4) is 0 Å². The molecule has 0 aliphatic carbocycles. The third kappa shape index (κ3) is 4.32. The van der Waals surface area contributed by atoms with E-state index in [0.717, 1.165) is 0 Å². The van der Waals surface area contributed by atoms with Crippen molar-refractivity contribution in [1.82, 2.24) is 0 Å². The van der Waals surface area contributed by atoms with Gasteiger partial charge in [-0.2, -0.15) is 0 Å². The van der Waals surface area contributed by atoms with Crippen LogP contribution < -0.4 is 9.47 Å². The smallest absolute Gasteiger partial charge is 0.317 e. The van der Waals surface area contributed by atoms with Crippen LogP contribution in [-0.4, -0.2) is 31.3 Å². The predicted octanol–water partition coefficient (Wildman–Crippen LogP) is 1.22. The van der Waals surface area contributed by atoms with E-state index in [4.69, 9.17) is 19.3 Å². The number of hydrogen-bond donors (Lipinski definition) is 1. The zero-order valence-electron chi connectivity index (χ0n) is 10.1. The number of ether oxygens (including phenoxy) is 3. The number of carbonyl (C=O) groups is 2. The fourth-order valence-electron chi connectivity index (χ4n) is 1.29. The molecule has 6 heteroatoms. The molecule has 0 aromatic heterocycles. The second-order valence-corrected chi connectivity index (χ2v) is 3.45. The Morgan fingerprint density at radius 3 is 2.11 bits per heavy atom. The molecule has 1 aromatic rings. The second kappa shape index (κ2) is 6.48. The van der Waals surface area contributed by atoms with Crippen LogP contribution >= 0.6 is 0 Å². The zero-order valence-corrected chi connectivity index (χ0v) is 10.1. The molecule has 18 heavy (non-hydrogen) atoms. The average molecular weight is 254 g/mol. The fraction of sp³-hybridized carbons (Fsp3) is 0.333. The van der Waals surface area contributed by atoms with Gasteiger partial charge in [-0.05, 0) is 17.7 Å². The molecule has 0 bridgehead atoms. The molecule has 1 aromatic carbocycles. The maximum atomic E-state index is 11.1. The van der Waals surface area contributed by atoms with Crippen molar-refractivity contribution in [3.63, 3.8) is 0 Å². The Balaban J connectivity index is 2.66. The quantitative estimate of drug-likeness (QED) is 0.607. The summed E-state index contributed by atoms with van der Waals surface area (Å²) in [5.41, 5.74) is 0.657. The van der Waals surface area contributed by atoms with Crippen molar-refractivity contribution in [1.29, 1.82) is 0 Å². The third-order valence-corrected chi connectivity index (χ3v) is 2.11. The van der Waals surface area contributed by atoms with Gasteiger partial charge < -0.3 is 19.3 Å². The maximum Gasteiger partial charge on any atom is 0.317 e. The molecule has 98 valence electrons. The molecule has 0 radical (unpaired) electrons. The van der Waals surface area contributed by atoms with Gasteiger partial charge in [0.05, 0.1) is 14.2 Å². The highest BCUT2D eigenvalue weighted by Gasteiger charge is 2.10. The Bertz CT molecular complexity index is 418. The molecule has 1 N–H and O–H groups in total.